The van der Waals surface area contributed by atoms with Crippen LogP contribution in [0.3, 0.4) is 0 Å². The van der Waals surface area contributed by atoms with Gasteiger partial charge in [-0.15, -0.1) is 0 Å². The van der Waals surface area contributed by atoms with Crippen LogP contribution < -0.4 is 5.32 Å². The molecule has 1 atom stereocenters. The van der Waals surface area contributed by atoms with Gasteiger partial charge in [-0.05, 0) is 31.5 Å². The van der Waals surface area contributed by atoms with Crippen molar-refractivity contribution in [3.63, 3.8) is 0 Å². The van der Waals surface area contributed by atoms with E-state index in [0.717, 1.165) is 5.56 Å². The molecule has 0 aliphatic carbocycles. The molecule has 21 heavy (non-hydrogen) atoms. The van der Waals surface area contributed by atoms with Crippen LogP contribution in [0.2, 0.25) is 0 Å². The summed E-state index contributed by atoms with van der Waals surface area (Å²) in [4.78, 5) is 24.2. The van der Waals surface area contributed by atoms with Crippen molar-refractivity contribution in [1.82, 2.24) is 5.32 Å². The summed E-state index contributed by atoms with van der Waals surface area (Å²) in [6.07, 6.45) is 0. The molecular formula is C18H19NO2. The summed E-state index contributed by atoms with van der Waals surface area (Å²) in [5.41, 5.74) is 0.786. The Morgan fingerprint density at radius 1 is 0.952 bits per heavy atom. The van der Waals surface area contributed by atoms with Crippen LogP contribution in [0.4, 0.5) is 0 Å². The number of hydrogen-bond acceptors (Lipinski definition) is 2. The fourth-order valence-corrected chi connectivity index (χ4v) is 2.18. The highest BCUT2D eigenvalue weighted by atomic mass is 16.2. The Kier molecular flexibility index (Phi) is 4.53. The van der Waals surface area contributed by atoms with Gasteiger partial charge in [0.1, 0.15) is 5.78 Å². The number of ketones is 1. The van der Waals surface area contributed by atoms with E-state index in [4.69, 9.17) is 0 Å². The normalized spacial score (nSPS) is 13.2. The largest absolute Gasteiger partial charge is 0.351 e. The first-order valence-electron chi connectivity index (χ1n) is 6.94. The molecule has 3 nitrogen and oxygen atoms in total. The van der Waals surface area contributed by atoms with Gasteiger partial charge in [0.2, 0.25) is 0 Å². The van der Waals surface area contributed by atoms with Gasteiger partial charge in [-0.1, -0.05) is 48.5 Å². The lowest BCUT2D eigenvalue weighted by Gasteiger charge is -2.27. The van der Waals surface area contributed by atoms with E-state index >= 15 is 0 Å². The smallest absolute Gasteiger partial charge is 0.251 e. The van der Waals surface area contributed by atoms with Crippen LogP contribution in [-0.4, -0.2) is 18.2 Å². The zero-order chi connectivity index (χ0) is 15.3. The highest BCUT2D eigenvalue weighted by molar-refractivity contribution is 5.95. The molecule has 2 rings (SSSR count). The molecule has 108 valence electrons. The van der Waals surface area contributed by atoms with Gasteiger partial charge in [-0.25, -0.2) is 0 Å². The van der Waals surface area contributed by atoms with Crippen molar-refractivity contribution in [3.8, 4) is 0 Å². The lowest BCUT2D eigenvalue weighted by molar-refractivity contribution is -0.121. The van der Waals surface area contributed by atoms with Crippen molar-refractivity contribution in [2.45, 2.75) is 19.3 Å². The minimum atomic E-state index is -0.717. The summed E-state index contributed by atoms with van der Waals surface area (Å²) < 4.78 is 0. The Morgan fingerprint density at radius 2 is 1.48 bits per heavy atom. The van der Waals surface area contributed by atoms with Crippen molar-refractivity contribution in [2.75, 3.05) is 6.54 Å². The molecule has 0 aliphatic heterocycles. The molecule has 0 spiro atoms. The summed E-state index contributed by atoms with van der Waals surface area (Å²) in [5.74, 6) is -0.138. The first kappa shape index (κ1) is 15.0. The average Bonchev–Trinajstić information content (AvgIpc) is 2.53. The molecule has 0 unspecified atom stereocenters. The predicted molar refractivity (Wildman–Crippen MR) is 83.3 cm³/mol. The highest BCUT2D eigenvalue weighted by Crippen LogP contribution is 2.24. The third-order valence-corrected chi connectivity index (χ3v) is 3.83. The quantitative estimate of drug-likeness (QED) is 0.916. The summed E-state index contributed by atoms with van der Waals surface area (Å²) in [5, 5.41) is 2.86. The Balaban J connectivity index is 2.15. The van der Waals surface area contributed by atoms with Gasteiger partial charge >= 0.3 is 0 Å². The molecular weight excluding hydrogens is 262 g/mol. The summed E-state index contributed by atoms with van der Waals surface area (Å²) in [7, 11) is 0. The molecule has 0 aromatic heterocycles. The molecule has 0 radical (unpaired) electrons. The second kappa shape index (κ2) is 6.35. The molecule has 0 saturated heterocycles. The van der Waals surface area contributed by atoms with Crippen molar-refractivity contribution < 1.29 is 9.59 Å². The summed E-state index contributed by atoms with van der Waals surface area (Å²) in [6, 6.07) is 18.5. The molecule has 2 aromatic carbocycles. The molecule has 1 amide bonds. The third kappa shape index (κ3) is 3.37. The SMILES string of the molecule is CC(=O)[C@@](C)(CNC(=O)c1ccccc1)c1ccccc1. The maximum atomic E-state index is 12.1. The number of rotatable bonds is 5. The maximum absolute atomic E-state index is 12.1. The second-order valence-corrected chi connectivity index (χ2v) is 5.30. The topological polar surface area (TPSA) is 46.2 Å². The summed E-state index contributed by atoms with van der Waals surface area (Å²) in [6.45, 7) is 3.69. The number of carbonyl (C=O) groups is 2. The van der Waals surface area contributed by atoms with Crippen LogP contribution in [0.5, 0.6) is 0 Å². The minimum absolute atomic E-state index is 0.0297. The lowest BCUT2D eigenvalue weighted by Crippen LogP contribution is -2.43. The number of nitrogens with one attached hydrogen (secondary N) is 1. The van der Waals surface area contributed by atoms with Crippen molar-refractivity contribution in [3.05, 3.63) is 71.8 Å². The number of Topliss-reactive ketones (excluding diaryl/α,β-unsaturated/α-hetero) is 1. The Hall–Kier alpha value is -2.42. The highest BCUT2D eigenvalue weighted by Gasteiger charge is 2.32. The van der Waals surface area contributed by atoms with Gasteiger partial charge < -0.3 is 5.32 Å². The minimum Gasteiger partial charge on any atom is -0.351 e. The zero-order valence-corrected chi connectivity index (χ0v) is 12.3. The van der Waals surface area contributed by atoms with E-state index in [1.54, 1.807) is 19.1 Å². The molecule has 2 aromatic rings. The van der Waals surface area contributed by atoms with Gasteiger partial charge in [-0.3, -0.25) is 9.59 Å². The molecule has 0 aliphatic rings. The van der Waals surface area contributed by atoms with Crippen molar-refractivity contribution in [2.24, 2.45) is 0 Å². The average molecular weight is 281 g/mol. The van der Waals surface area contributed by atoms with E-state index in [1.807, 2.05) is 55.5 Å². The second-order valence-electron chi connectivity index (χ2n) is 5.30. The van der Waals surface area contributed by atoms with Crippen LogP contribution in [0.15, 0.2) is 60.7 Å². The molecule has 1 N–H and O–H groups in total. The molecule has 0 bridgehead atoms. The summed E-state index contributed by atoms with van der Waals surface area (Å²) >= 11 is 0. The van der Waals surface area contributed by atoms with Crippen LogP contribution in [0.1, 0.15) is 29.8 Å². The van der Waals surface area contributed by atoms with E-state index in [9.17, 15) is 9.59 Å². The van der Waals surface area contributed by atoms with Crippen molar-refractivity contribution >= 4 is 11.7 Å². The van der Waals surface area contributed by atoms with Crippen LogP contribution >= 0.6 is 0 Å². The van der Waals surface area contributed by atoms with E-state index < -0.39 is 5.41 Å². The fourth-order valence-electron chi connectivity index (χ4n) is 2.18. The monoisotopic (exact) mass is 281 g/mol. The number of benzene rings is 2. The van der Waals surface area contributed by atoms with Gasteiger partial charge in [0, 0.05) is 12.1 Å². The van der Waals surface area contributed by atoms with Crippen LogP contribution in [-0.2, 0) is 10.2 Å². The maximum Gasteiger partial charge on any atom is 0.251 e. The van der Waals surface area contributed by atoms with Crippen molar-refractivity contribution in [1.29, 1.82) is 0 Å². The predicted octanol–water partition coefficient (Wildman–Crippen LogP) is 2.96. The zero-order valence-electron chi connectivity index (χ0n) is 12.3. The number of carbonyl (C=O) groups excluding carboxylic acids is 2. The Labute approximate surface area is 125 Å². The van der Waals surface area contributed by atoms with Crippen LogP contribution in [0, 0.1) is 0 Å². The first-order valence-corrected chi connectivity index (χ1v) is 6.94. The fraction of sp³-hybridized carbons (Fsp3) is 0.222. The van der Waals surface area contributed by atoms with Gasteiger partial charge in [0.15, 0.2) is 0 Å². The van der Waals surface area contributed by atoms with E-state index in [-0.39, 0.29) is 18.2 Å². The molecule has 0 fully saturated rings. The van der Waals surface area contributed by atoms with E-state index in [2.05, 4.69) is 5.32 Å². The standard InChI is InChI=1S/C18H19NO2/c1-14(20)18(2,16-11-7-4-8-12-16)13-19-17(21)15-9-5-3-6-10-15/h3-12H,13H2,1-2H3,(H,19,21)/t18-/m1/s1. The van der Waals surface area contributed by atoms with E-state index in [1.165, 1.54) is 0 Å². The Morgan fingerprint density at radius 3 is 2.00 bits per heavy atom. The molecule has 0 saturated carbocycles. The Bertz CT molecular complexity index is 622. The van der Waals surface area contributed by atoms with E-state index in [0.29, 0.717) is 5.56 Å². The third-order valence-electron chi connectivity index (χ3n) is 3.83. The van der Waals surface area contributed by atoms with Crippen LogP contribution in [0.25, 0.3) is 0 Å². The van der Waals surface area contributed by atoms with Gasteiger partial charge in [0.05, 0.1) is 5.41 Å². The van der Waals surface area contributed by atoms with Gasteiger partial charge in [0.25, 0.3) is 5.91 Å². The molecule has 0 heterocycles. The number of hydrogen-bond donors (Lipinski definition) is 1. The molecule has 3 heteroatoms. The lowest BCUT2D eigenvalue weighted by atomic mass is 9.79. The number of amides is 1. The first-order chi connectivity index (χ1) is 10.0. The van der Waals surface area contributed by atoms with Gasteiger partial charge in [-0.2, -0.15) is 0 Å².